The molecule has 0 N–H and O–H groups in total. The molecule has 0 radical (unpaired) electrons. The van der Waals surface area contributed by atoms with Crippen molar-refractivity contribution >= 4 is 0 Å². The highest BCUT2D eigenvalue weighted by Crippen LogP contribution is 2.29. The van der Waals surface area contributed by atoms with Crippen LogP contribution in [0, 0.1) is 0 Å². The van der Waals surface area contributed by atoms with E-state index in [1.807, 2.05) is 0 Å². The van der Waals surface area contributed by atoms with Gasteiger partial charge in [-0.3, -0.25) is 0 Å². The molecule has 1 nitrogen and oxygen atoms in total. The normalized spacial score (nSPS) is 37.7. The van der Waals surface area contributed by atoms with Gasteiger partial charge < -0.3 is 4.90 Å². The fourth-order valence-corrected chi connectivity index (χ4v) is 1.60. The number of hydrogen-bond acceptors (Lipinski definition) is 1. The Hall–Kier alpha value is -0.0400. The van der Waals surface area contributed by atoms with Gasteiger partial charge in [0, 0.05) is 5.54 Å². The molecule has 0 aromatic rings. The van der Waals surface area contributed by atoms with Gasteiger partial charge in [0.25, 0.3) is 0 Å². The van der Waals surface area contributed by atoms with Crippen LogP contribution in [0.3, 0.4) is 0 Å². The zero-order chi connectivity index (χ0) is 6.91. The largest absolute Gasteiger partial charge is 0.301 e. The molecule has 1 rings (SSSR count). The molecule has 0 bridgehead atoms. The van der Waals surface area contributed by atoms with Crippen LogP contribution in [0.4, 0.5) is 0 Å². The van der Waals surface area contributed by atoms with Crippen LogP contribution in [0.2, 0.25) is 0 Å². The maximum atomic E-state index is 2.48. The Morgan fingerprint density at radius 1 is 1.56 bits per heavy atom. The first-order valence-corrected chi connectivity index (χ1v) is 3.90. The first-order valence-electron chi connectivity index (χ1n) is 3.90. The van der Waals surface area contributed by atoms with Crippen molar-refractivity contribution in [3.63, 3.8) is 0 Å². The first kappa shape index (κ1) is 7.07. The van der Waals surface area contributed by atoms with Gasteiger partial charge in [0.05, 0.1) is 0 Å². The van der Waals surface area contributed by atoms with Gasteiger partial charge in [0.2, 0.25) is 0 Å². The van der Waals surface area contributed by atoms with Crippen molar-refractivity contribution in [1.82, 2.24) is 4.90 Å². The molecule has 0 unspecified atom stereocenters. The highest BCUT2D eigenvalue weighted by Gasteiger charge is 2.31. The maximum Gasteiger partial charge on any atom is 0.0176 e. The zero-order valence-corrected chi connectivity index (χ0v) is 6.78. The van der Waals surface area contributed by atoms with E-state index in [1.165, 1.54) is 25.8 Å². The number of hydrogen-bond donors (Lipinski definition) is 0. The molecule has 0 amide bonds. The van der Waals surface area contributed by atoms with Crippen molar-refractivity contribution < 1.29 is 0 Å². The summed E-state index contributed by atoms with van der Waals surface area (Å²) in [5.74, 6) is 0. The minimum Gasteiger partial charge on any atom is -0.301 e. The second kappa shape index (κ2) is 2.30. The van der Waals surface area contributed by atoms with Crippen molar-refractivity contribution in [2.24, 2.45) is 0 Å². The standard InChI is InChI=1S/C8H17N/c1-4-8(2)6-5-7-9(8)3/h4-7H2,1-3H3/t8-/m0/s1. The van der Waals surface area contributed by atoms with E-state index >= 15 is 0 Å². The lowest BCUT2D eigenvalue weighted by Gasteiger charge is -2.30. The molecule has 0 aromatic heterocycles. The molecule has 1 fully saturated rings. The lowest BCUT2D eigenvalue weighted by atomic mass is 9.96. The van der Waals surface area contributed by atoms with Gasteiger partial charge >= 0.3 is 0 Å². The van der Waals surface area contributed by atoms with Crippen LogP contribution in [0.1, 0.15) is 33.1 Å². The molecule has 0 aromatic carbocycles. The maximum absolute atomic E-state index is 2.48. The summed E-state index contributed by atoms with van der Waals surface area (Å²) in [6.45, 7) is 5.94. The Morgan fingerprint density at radius 2 is 2.22 bits per heavy atom. The van der Waals surface area contributed by atoms with E-state index in [4.69, 9.17) is 0 Å². The summed E-state index contributed by atoms with van der Waals surface area (Å²) >= 11 is 0. The second-order valence-corrected chi connectivity index (χ2v) is 3.38. The minimum absolute atomic E-state index is 0.528. The first-order chi connectivity index (χ1) is 4.19. The third kappa shape index (κ3) is 1.11. The van der Waals surface area contributed by atoms with E-state index in [0.29, 0.717) is 5.54 Å². The van der Waals surface area contributed by atoms with Crippen LogP contribution in [0.15, 0.2) is 0 Å². The second-order valence-electron chi connectivity index (χ2n) is 3.38. The van der Waals surface area contributed by atoms with E-state index in [9.17, 15) is 0 Å². The lowest BCUT2D eigenvalue weighted by molar-refractivity contribution is 0.189. The molecule has 1 atom stereocenters. The Balaban J connectivity index is 2.56. The molecule has 1 saturated heterocycles. The fraction of sp³-hybridized carbons (Fsp3) is 1.00. The summed E-state index contributed by atoms with van der Waals surface area (Å²) in [6.07, 6.45) is 4.07. The SMILES string of the molecule is CC[C@@]1(C)CCCN1C. The number of nitrogens with zero attached hydrogens (tertiary/aromatic N) is 1. The third-order valence-corrected chi connectivity index (χ3v) is 2.89. The van der Waals surface area contributed by atoms with Crippen LogP contribution >= 0.6 is 0 Å². The van der Waals surface area contributed by atoms with Crippen molar-refractivity contribution in [2.45, 2.75) is 38.6 Å². The molecule has 1 heterocycles. The smallest absolute Gasteiger partial charge is 0.0176 e. The summed E-state index contributed by atoms with van der Waals surface area (Å²) < 4.78 is 0. The number of likely N-dealkylation sites (tertiary alicyclic amines) is 1. The molecule has 9 heavy (non-hydrogen) atoms. The average Bonchev–Trinajstić information content (AvgIpc) is 2.15. The average molecular weight is 127 g/mol. The predicted octanol–water partition coefficient (Wildman–Crippen LogP) is 1.88. The molecule has 1 aliphatic heterocycles. The van der Waals surface area contributed by atoms with Gasteiger partial charge in [-0.1, -0.05) is 6.92 Å². The van der Waals surface area contributed by atoms with Crippen LogP contribution in [-0.2, 0) is 0 Å². The molecule has 0 saturated carbocycles. The molecule has 0 aliphatic carbocycles. The van der Waals surface area contributed by atoms with E-state index in [2.05, 4.69) is 25.8 Å². The van der Waals surface area contributed by atoms with Crippen molar-refractivity contribution in [2.75, 3.05) is 13.6 Å². The molecule has 1 heteroatoms. The van der Waals surface area contributed by atoms with Crippen LogP contribution in [-0.4, -0.2) is 24.0 Å². The minimum atomic E-state index is 0.528. The molecular formula is C8H17N. The van der Waals surface area contributed by atoms with Crippen LogP contribution in [0.5, 0.6) is 0 Å². The number of rotatable bonds is 1. The van der Waals surface area contributed by atoms with Gasteiger partial charge in [-0.15, -0.1) is 0 Å². The molecule has 0 spiro atoms. The lowest BCUT2D eigenvalue weighted by Crippen LogP contribution is -2.36. The van der Waals surface area contributed by atoms with Gasteiger partial charge in [-0.05, 0) is 39.8 Å². The summed E-state index contributed by atoms with van der Waals surface area (Å²) in [5, 5.41) is 0. The van der Waals surface area contributed by atoms with Crippen molar-refractivity contribution in [3.05, 3.63) is 0 Å². The van der Waals surface area contributed by atoms with Gasteiger partial charge in [-0.25, -0.2) is 0 Å². The Morgan fingerprint density at radius 3 is 2.44 bits per heavy atom. The summed E-state index contributed by atoms with van der Waals surface area (Å²) in [5.41, 5.74) is 0.528. The van der Waals surface area contributed by atoms with Crippen molar-refractivity contribution in [1.29, 1.82) is 0 Å². The Bertz CT molecular complexity index is 101. The Labute approximate surface area is 58.0 Å². The fourth-order valence-electron chi connectivity index (χ4n) is 1.60. The summed E-state index contributed by atoms with van der Waals surface area (Å²) in [7, 11) is 2.23. The Kier molecular flexibility index (Phi) is 1.80. The van der Waals surface area contributed by atoms with Gasteiger partial charge in [0.15, 0.2) is 0 Å². The van der Waals surface area contributed by atoms with Gasteiger partial charge in [0.1, 0.15) is 0 Å². The van der Waals surface area contributed by atoms with Crippen LogP contribution in [0.25, 0.3) is 0 Å². The molecule has 1 aliphatic rings. The van der Waals surface area contributed by atoms with E-state index in [-0.39, 0.29) is 0 Å². The highest BCUT2D eigenvalue weighted by atomic mass is 15.2. The highest BCUT2D eigenvalue weighted by molar-refractivity contribution is 4.88. The van der Waals surface area contributed by atoms with E-state index < -0.39 is 0 Å². The quantitative estimate of drug-likeness (QED) is 0.520. The zero-order valence-electron chi connectivity index (χ0n) is 6.78. The monoisotopic (exact) mass is 127 g/mol. The van der Waals surface area contributed by atoms with E-state index in [1.54, 1.807) is 0 Å². The summed E-state index contributed by atoms with van der Waals surface area (Å²) in [4.78, 5) is 2.48. The molecule has 54 valence electrons. The molecular weight excluding hydrogens is 110 g/mol. The predicted molar refractivity (Wildman–Crippen MR) is 40.6 cm³/mol. The van der Waals surface area contributed by atoms with Crippen LogP contribution < -0.4 is 0 Å². The van der Waals surface area contributed by atoms with E-state index in [0.717, 1.165) is 0 Å². The summed E-state index contributed by atoms with van der Waals surface area (Å²) in [6, 6.07) is 0. The van der Waals surface area contributed by atoms with Gasteiger partial charge in [-0.2, -0.15) is 0 Å². The topological polar surface area (TPSA) is 3.24 Å². The third-order valence-electron chi connectivity index (χ3n) is 2.89. The van der Waals surface area contributed by atoms with Crippen molar-refractivity contribution in [3.8, 4) is 0 Å².